The Balaban J connectivity index is 2.39. The van der Waals surface area contributed by atoms with Crippen molar-refractivity contribution in [2.45, 2.75) is 6.10 Å². The average Bonchev–Trinajstić information content (AvgIpc) is 2.46. The van der Waals surface area contributed by atoms with Gasteiger partial charge >= 0.3 is 0 Å². The van der Waals surface area contributed by atoms with E-state index in [0.29, 0.717) is 11.5 Å². The highest BCUT2D eigenvalue weighted by Gasteiger charge is 2.15. The Bertz CT molecular complexity index is 569. The molecule has 0 heterocycles. The molecule has 3 nitrogen and oxygen atoms in total. The molecule has 1 unspecified atom stereocenters. The van der Waals surface area contributed by atoms with Crippen molar-refractivity contribution in [3.8, 4) is 11.5 Å². The summed E-state index contributed by atoms with van der Waals surface area (Å²) in [6.07, 6.45) is -0.673. The summed E-state index contributed by atoms with van der Waals surface area (Å²) in [7, 11) is 3.17. The first-order chi connectivity index (χ1) is 9.17. The fourth-order valence-corrected chi connectivity index (χ4v) is 2.58. The maximum absolute atomic E-state index is 10.5. The Hall–Kier alpha value is -1.27. The van der Waals surface area contributed by atoms with Gasteiger partial charge in [-0.25, -0.2) is 0 Å². The van der Waals surface area contributed by atoms with E-state index in [2.05, 4.69) is 22.6 Å². The molecular weight excluding hydrogens is 355 g/mol. The molecule has 0 aromatic heterocycles. The molecule has 0 saturated heterocycles. The highest BCUT2D eigenvalue weighted by Crippen LogP contribution is 2.33. The fraction of sp³-hybridized carbons (Fsp3) is 0.200. The number of rotatable bonds is 4. The zero-order chi connectivity index (χ0) is 13.8. The number of hydrogen-bond acceptors (Lipinski definition) is 3. The SMILES string of the molecule is COc1ccc(C(O)c2ccccc2I)cc1OC. The minimum absolute atomic E-state index is 0.616. The Morgan fingerprint density at radius 1 is 1.00 bits per heavy atom. The summed E-state index contributed by atoms with van der Waals surface area (Å²) in [5, 5.41) is 10.5. The minimum atomic E-state index is -0.673. The molecule has 2 aromatic carbocycles. The van der Waals surface area contributed by atoms with Crippen molar-refractivity contribution in [2.75, 3.05) is 14.2 Å². The Labute approximate surface area is 126 Å². The molecule has 2 rings (SSSR count). The lowest BCUT2D eigenvalue weighted by molar-refractivity contribution is 0.218. The number of aliphatic hydroxyl groups is 1. The summed E-state index contributed by atoms with van der Waals surface area (Å²) in [4.78, 5) is 0. The molecule has 4 heteroatoms. The van der Waals surface area contributed by atoms with E-state index in [-0.39, 0.29) is 0 Å². The number of methoxy groups -OCH3 is 2. The molecule has 0 saturated carbocycles. The number of ether oxygens (including phenoxy) is 2. The summed E-state index contributed by atoms with van der Waals surface area (Å²) in [5.74, 6) is 1.27. The summed E-state index contributed by atoms with van der Waals surface area (Å²) in [5.41, 5.74) is 1.66. The second-order valence-electron chi connectivity index (χ2n) is 4.04. The van der Waals surface area contributed by atoms with Gasteiger partial charge in [0, 0.05) is 3.57 Å². The molecule has 0 bridgehead atoms. The van der Waals surface area contributed by atoms with Crippen molar-refractivity contribution >= 4 is 22.6 Å². The lowest BCUT2D eigenvalue weighted by atomic mass is 10.0. The van der Waals surface area contributed by atoms with Crippen LogP contribution in [0.15, 0.2) is 42.5 Å². The van der Waals surface area contributed by atoms with Crippen LogP contribution in [0.4, 0.5) is 0 Å². The van der Waals surface area contributed by atoms with Gasteiger partial charge in [-0.05, 0) is 51.9 Å². The van der Waals surface area contributed by atoms with Crippen molar-refractivity contribution in [3.63, 3.8) is 0 Å². The van der Waals surface area contributed by atoms with E-state index < -0.39 is 6.10 Å². The highest BCUT2D eigenvalue weighted by molar-refractivity contribution is 14.1. The maximum atomic E-state index is 10.5. The van der Waals surface area contributed by atoms with Crippen molar-refractivity contribution in [1.29, 1.82) is 0 Å². The van der Waals surface area contributed by atoms with Gasteiger partial charge in [-0.2, -0.15) is 0 Å². The molecule has 0 amide bonds. The Morgan fingerprint density at radius 3 is 2.32 bits per heavy atom. The topological polar surface area (TPSA) is 38.7 Å². The van der Waals surface area contributed by atoms with E-state index in [1.165, 1.54) is 0 Å². The van der Waals surface area contributed by atoms with Crippen LogP contribution < -0.4 is 9.47 Å². The smallest absolute Gasteiger partial charge is 0.161 e. The third-order valence-electron chi connectivity index (χ3n) is 2.92. The van der Waals surface area contributed by atoms with Crippen LogP contribution in [0.1, 0.15) is 17.2 Å². The van der Waals surface area contributed by atoms with Gasteiger partial charge < -0.3 is 14.6 Å². The molecule has 1 N–H and O–H groups in total. The highest BCUT2D eigenvalue weighted by atomic mass is 127. The van der Waals surface area contributed by atoms with E-state index >= 15 is 0 Å². The quantitative estimate of drug-likeness (QED) is 0.839. The van der Waals surface area contributed by atoms with Gasteiger partial charge in [0.25, 0.3) is 0 Å². The van der Waals surface area contributed by atoms with Gasteiger partial charge in [0.2, 0.25) is 0 Å². The molecule has 100 valence electrons. The first-order valence-electron chi connectivity index (χ1n) is 5.81. The van der Waals surface area contributed by atoms with Gasteiger partial charge in [0.05, 0.1) is 14.2 Å². The van der Waals surface area contributed by atoms with Gasteiger partial charge in [0.15, 0.2) is 11.5 Å². The molecule has 0 aliphatic carbocycles. The van der Waals surface area contributed by atoms with Crippen LogP contribution in [0.2, 0.25) is 0 Å². The standard InChI is InChI=1S/C15H15IO3/c1-18-13-8-7-10(9-14(13)19-2)15(17)11-5-3-4-6-12(11)16/h3-9,15,17H,1-2H3. The zero-order valence-corrected chi connectivity index (χ0v) is 12.9. The van der Waals surface area contributed by atoms with E-state index in [9.17, 15) is 5.11 Å². The zero-order valence-electron chi connectivity index (χ0n) is 10.8. The van der Waals surface area contributed by atoms with Crippen molar-refractivity contribution in [2.24, 2.45) is 0 Å². The van der Waals surface area contributed by atoms with Crippen LogP contribution >= 0.6 is 22.6 Å². The lowest BCUT2D eigenvalue weighted by Crippen LogP contribution is -2.02. The molecule has 0 radical (unpaired) electrons. The van der Waals surface area contributed by atoms with Crippen LogP contribution in [-0.4, -0.2) is 19.3 Å². The molecule has 0 spiro atoms. The normalized spacial score (nSPS) is 12.0. The van der Waals surface area contributed by atoms with Gasteiger partial charge in [0.1, 0.15) is 6.10 Å². The predicted molar refractivity (Wildman–Crippen MR) is 82.8 cm³/mol. The van der Waals surface area contributed by atoms with Crippen LogP contribution in [0.3, 0.4) is 0 Å². The summed E-state index contributed by atoms with van der Waals surface area (Å²) < 4.78 is 11.5. The first-order valence-corrected chi connectivity index (χ1v) is 6.89. The number of aliphatic hydroxyl groups excluding tert-OH is 1. The molecule has 1 atom stereocenters. The number of hydrogen-bond donors (Lipinski definition) is 1. The second-order valence-corrected chi connectivity index (χ2v) is 5.20. The van der Waals surface area contributed by atoms with Crippen molar-refractivity contribution in [1.82, 2.24) is 0 Å². The maximum Gasteiger partial charge on any atom is 0.161 e. The van der Waals surface area contributed by atoms with Crippen LogP contribution in [0.5, 0.6) is 11.5 Å². The third-order valence-corrected chi connectivity index (χ3v) is 3.91. The Kier molecular flexibility index (Phi) is 4.66. The van der Waals surface area contributed by atoms with Crippen molar-refractivity contribution in [3.05, 3.63) is 57.2 Å². The molecule has 0 aliphatic rings. The van der Waals surface area contributed by atoms with Gasteiger partial charge in [-0.15, -0.1) is 0 Å². The monoisotopic (exact) mass is 370 g/mol. The van der Waals surface area contributed by atoms with Gasteiger partial charge in [-0.3, -0.25) is 0 Å². The van der Waals surface area contributed by atoms with Crippen LogP contribution in [0, 0.1) is 3.57 Å². The van der Waals surface area contributed by atoms with Gasteiger partial charge in [-0.1, -0.05) is 24.3 Å². The van der Waals surface area contributed by atoms with Crippen molar-refractivity contribution < 1.29 is 14.6 Å². The average molecular weight is 370 g/mol. The third kappa shape index (κ3) is 3.01. The summed E-state index contributed by atoms with van der Waals surface area (Å²) in [6.45, 7) is 0. The van der Waals surface area contributed by atoms with E-state index in [4.69, 9.17) is 9.47 Å². The molecule has 19 heavy (non-hydrogen) atoms. The minimum Gasteiger partial charge on any atom is -0.493 e. The van der Waals surface area contributed by atoms with Crippen LogP contribution in [-0.2, 0) is 0 Å². The largest absolute Gasteiger partial charge is 0.493 e. The summed E-state index contributed by atoms with van der Waals surface area (Å²) >= 11 is 2.22. The molecule has 0 aliphatic heterocycles. The summed E-state index contributed by atoms with van der Waals surface area (Å²) in [6, 6.07) is 13.2. The van der Waals surface area contributed by atoms with E-state index in [0.717, 1.165) is 14.7 Å². The lowest BCUT2D eigenvalue weighted by Gasteiger charge is -2.15. The van der Waals surface area contributed by atoms with E-state index in [1.54, 1.807) is 26.4 Å². The van der Waals surface area contributed by atoms with Crippen LogP contribution in [0.25, 0.3) is 0 Å². The predicted octanol–water partition coefficient (Wildman–Crippen LogP) is 3.39. The van der Waals surface area contributed by atoms with E-state index in [1.807, 2.05) is 30.3 Å². The number of halogens is 1. The first kappa shape index (κ1) is 14.1. The number of benzene rings is 2. The molecular formula is C15H15IO3. The Morgan fingerprint density at radius 2 is 1.68 bits per heavy atom. The molecule has 2 aromatic rings. The second kappa shape index (κ2) is 6.25. The fourth-order valence-electron chi connectivity index (χ4n) is 1.90. The molecule has 0 fully saturated rings.